The maximum Gasteiger partial charge on any atom is 0.166 e. The number of thiocarbonyl (C=S) groups is 1. The van der Waals surface area contributed by atoms with Crippen LogP contribution in [0.3, 0.4) is 0 Å². The Hall–Kier alpha value is -0.350. The molecule has 0 bridgehead atoms. The van der Waals surface area contributed by atoms with Crippen LogP contribution in [-0.4, -0.2) is 43.2 Å². The lowest BCUT2D eigenvalue weighted by atomic mass is 10.5. The van der Waals surface area contributed by atoms with E-state index in [2.05, 4.69) is 29.5 Å². The smallest absolute Gasteiger partial charge is 0.166 e. The van der Waals surface area contributed by atoms with Gasteiger partial charge in [-0.3, -0.25) is 0 Å². The standard InChI is InChI=1S/C8H19N3S/c1-4-9-8(12)10-6-7-11(3)5-2/h4-7H2,1-3H3,(H2,9,10,12). The van der Waals surface area contributed by atoms with Crippen LogP contribution in [0.5, 0.6) is 0 Å². The maximum atomic E-state index is 5.00. The Morgan fingerprint density at radius 2 is 2.00 bits per heavy atom. The third-order valence-corrected chi connectivity index (χ3v) is 1.94. The van der Waals surface area contributed by atoms with Crippen molar-refractivity contribution in [3.8, 4) is 0 Å². The molecule has 0 unspecified atom stereocenters. The van der Waals surface area contributed by atoms with E-state index >= 15 is 0 Å². The molecular formula is C8H19N3S. The molecule has 0 heterocycles. The van der Waals surface area contributed by atoms with E-state index in [-0.39, 0.29) is 0 Å². The van der Waals surface area contributed by atoms with Gasteiger partial charge in [0.25, 0.3) is 0 Å². The predicted molar refractivity (Wildman–Crippen MR) is 57.4 cm³/mol. The summed E-state index contributed by atoms with van der Waals surface area (Å²) in [5.41, 5.74) is 0. The molecule has 0 aliphatic heterocycles. The minimum Gasteiger partial charge on any atom is -0.363 e. The Labute approximate surface area is 80.5 Å². The number of nitrogens with zero attached hydrogens (tertiary/aromatic N) is 1. The lowest BCUT2D eigenvalue weighted by Crippen LogP contribution is -2.39. The molecule has 0 rings (SSSR count). The van der Waals surface area contributed by atoms with E-state index in [0.717, 1.165) is 31.3 Å². The van der Waals surface area contributed by atoms with Gasteiger partial charge in [0, 0.05) is 19.6 Å². The summed E-state index contributed by atoms with van der Waals surface area (Å²) in [6.45, 7) is 8.08. The highest BCUT2D eigenvalue weighted by Crippen LogP contribution is 1.77. The second-order valence-electron chi connectivity index (χ2n) is 2.68. The first-order chi connectivity index (χ1) is 5.70. The van der Waals surface area contributed by atoms with Gasteiger partial charge in [-0.2, -0.15) is 0 Å². The lowest BCUT2D eigenvalue weighted by molar-refractivity contribution is 0.357. The van der Waals surface area contributed by atoms with Gasteiger partial charge < -0.3 is 15.5 Å². The summed E-state index contributed by atoms with van der Waals surface area (Å²) in [6, 6.07) is 0. The number of rotatable bonds is 5. The maximum absolute atomic E-state index is 5.00. The van der Waals surface area contributed by atoms with Crippen molar-refractivity contribution in [1.82, 2.24) is 15.5 Å². The number of likely N-dealkylation sites (N-methyl/N-ethyl adjacent to an activating group) is 1. The summed E-state index contributed by atoms with van der Waals surface area (Å²) in [7, 11) is 2.10. The quantitative estimate of drug-likeness (QED) is 0.613. The first-order valence-electron chi connectivity index (χ1n) is 4.41. The number of hydrogen-bond donors (Lipinski definition) is 2. The van der Waals surface area contributed by atoms with Crippen LogP contribution in [0.25, 0.3) is 0 Å². The fraction of sp³-hybridized carbons (Fsp3) is 0.875. The molecule has 0 aliphatic carbocycles. The molecule has 0 aliphatic rings. The minimum absolute atomic E-state index is 0.752. The molecule has 72 valence electrons. The molecule has 0 saturated carbocycles. The van der Waals surface area contributed by atoms with Crippen LogP contribution in [0.15, 0.2) is 0 Å². The van der Waals surface area contributed by atoms with Crippen molar-refractivity contribution in [3.63, 3.8) is 0 Å². The zero-order chi connectivity index (χ0) is 9.40. The van der Waals surface area contributed by atoms with Crippen molar-refractivity contribution in [1.29, 1.82) is 0 Å². The molecule has 0 aromatic carbocycles. The summed E-state index contributed by atoms with van der Waals surface area (Å²) in [5.74, 6) is 0. The van der Waals surface area contributed by atoms with Crippen molar-refractivity contribution < 1.29 is 0 Å². The van der Waals surface area contributed by atoms with Crippen LogP contribution in [0.4, 0.5) is 0 Å². The Morgan fingerprint density at radius 3 is 2.50 bits per heavy atom. The Kier molecular flexibility index (Phi) is 7.09. The van der Waals surface area contributed by atoms with Gasteiger partial charge in [-0.25, -0.2) is 0 Å². The summed E-state index contributed by atoms with van der Waals surface area (Å²) >= 11 is 5.00. The first-order valence-corrected chi connectivity index (χ1v) is 4.81. The Balaban J connectivity index is 3.24. The van der Waals surface area contributed by atoms with E-state index in [0.29, 0.717) is 0 Å². The van der Waals surface area contributed by atoms with Crippen molar-refractivity contribution in [3.05, 3.63) is 0 Å². The lowest BCUT2D eigenvalue weighted by Gasteiger charge is -2.15. The highest BCUT2D eigenvalue weighted by atomic mass is 32.1. The summed E-state index contributed by atoms with van der Waals surface area (Å²) in [4.78, 5) is 2.24. The minimum atomic E-state index is 0.752. The van der Waals surface area contributed by atoms with Crippen LogP contribution in [0.2, 0.25) is 0 Å². The van der Waals surface area contributed by atoms with Gasteiger partial charge in [-0.15, -0.1) is 0 Å². The summed E-state index contributed by atoms with van der Waals surface area (Å²) in [6.07, 6.45) is 0. The van der Waals surface area contributed by atoms with Crippen LogP contribution < -0.4 is 10.6 Å². The molecular weight excluding hydrogens is 170 g/mol. The Bertz CT molecular complexity index is 127. The second-order valence-corrected chi connectivity index (χ2v) is 3.09. The molecule has 0 amide bonds. The number of hydrogen-bond acceptors (Lipinski definition) is 2. The van der Waals surface area contributed by atoms with Crippen LogP contribution in [-0.2, 0) is 0 Å². The molecule has 4 heteroatoms. The van der Waals surface area contributed by atoms with E-state index < -0.39 is 0 Å². The van der Waals surface area contributed by atoms with Crippen molar-refractivity contribution in [2.75, 3.05) is 33.2 Å². The molecule has 0 aromatic heterocycles. The highest BCUT2D eigenvalue weighted by Gasteiger charge is 1.94. The third-order valence-electron chi connectivity index (χ3n) is 1.66. The van der Waals surface area contributed by atoms with Gasteiger partial charge in [-0.1, -0.05) is 6.92 Å². The highest BCUT2D eigenvalue weighted by molar-refractivity contribution is 7.80. The molecule has 0 saturated heterocycles. The molecule has 2 N–H and O–H groups in total. The topological polar surface area (TPSA) is 27.3 Å². The average molecular weight is 189 g/mol. The molecule has 12 heavy (non-hydrogen) atoms. The van der Waals surface area contributed by atoms with E-state index in [1.54, 1.807) is 0 Å². The van der Waals surface area contributed by atoms with Gasteiger partial charge in [0.2, 0.25) is 0 Å². The summed E-state index contributed by atoms with van der Waals surface area (Å²) < 4.78 is 0. The third kappa shape index (κ3) is 6.37. The monoisotopic (exact) mass is 189 g/mol. The first kappa shape index (κ1) is 11.6. The molecule has 0 aromatic rings. The predicted octanol–water partition coefficient (Wildman–Crippen LogP) is 0.422. The van der Waals surface area contributed by atoms with E-state index in [4.69, 9.17) is 12.2 Å². The molecule has 3 nitrogen and oxygen atoms in total. The van der Waals surface area contributed by atoms with E-state index in [1.807, 2.05) is 6.92 Å². The average Bonchev–Trinajstić information content (AvgIpc) is 2.04. The largest absolute Gasteiger partial charge is 0.363 e. The second kappa shape index (κ2) is 7.31. The molecule has 0 atom stereocenters. The van der Waals surface area contributed by atoms with Gasteiger partial charge in [-0.05, 0) is 32.7 Å². The van der Waals surface area contributed by atoms with E-state index in [1.165, 1.54) is 0 Å². The van der Waals surface area contributed by atoms with Crippen LogP contribution in [0.1, 0.15) is 13.8 Å². The molecule has 0 radical (unpaired) electrons. The van der Waals surface area contributed by atoms with Crippen molar-refractivity contribution in [2.45, 2.75) is 13.8 Å². The van der Waals surface area contributed by atoms with Crippen molar-refractivity contribution in [2.24, 2.45) is 0 Å². The zero-order valence-corrected chi connectivity index (χ0v) is 9.00. The fourth-order valence-electron chi connectivity index (χ4n) is 0.741. The summed E-state index contributed by atoms with van der Waals surface area (Å²) in [5, 5.41) is 6.92. The molecule has 0 spiro atoms. The van der Waals surface area contributed by atoms with E-state index in [9.17, 15) is 0 Å². The van der Waals surface area contributed by atoms with Gasteiger partial charge in [0.15, 0.2) is 5.11 Å². The van der Waals surface area contributed by atoms with Crippen molar-refractivity contribution >= 4 is 17.3 Å². The SMILES string of the molecule is CCNC(=S)NCCN(C)CC. The van der Waals surface area contributed by atoms with Gasteiger partial charge >= 0.3 is 0 Å². The van der Waals surface area contributed by atoms with Crippen LogP contribution >= 0.6 is 12.2 Å². The van der Waals surface area contributed by atoms with Crippen LogP contribution in [0, 0.1) is 0 Å². The van der Waals surface area contributed by atoms with Gasteiger partial charge in [0.1, 0.15) is 0 Å². The van der Waals surface area contributed by atoms with Gasteiger partial charge in [0.05, 0.1) is 0 Å². The fourth-order valence-corrected chi connectivity index (χ4v) is 0.988. The number of nitrogens with one attached hydrogen (secondary N) is 2. The molecule has 0 fully saturated rings. The Morgan fingerprint density at radius 1 is 1.33 bits per heavy atom. The zero-order valence-electron chi connectivity index (χ0n) is 8.18. The normalized spacial score (nSPS) is 10.0.